The maximum atomic E-state index is 12.5. The van der Waals surface area contributed by atoms with Crippen LogP contribution in [0.2, 0.25) is 0 Å². The zero-order valence-corrected chi connectivity index (χ0v) is 16.7. The number of carbonyl (C=O) groups is 2. The van der Waals surface area contributed by atoms with Gasteiger partial charge in [-0.05, 0) is 12.1 Å². The summed E-state index contributed by atoms with van der Waals surface area (Å²) in [6.07, 6.45) is -9.65. The number of nitrogens with zero attached hydrogens (tertiary/aromatic N) is 1. The van der Waals surface area contributed by atoms with Crippen LogP contribution in [0.25, 0.3) is 5.70 Å². The Hall–Kier alpha value is -3.25. The number of nitrogens with two attached hydrogens (primary N) is 1. The lowest BCUT2D eigenvalue weighted by Crippen LogP contribution is -2.25. The van der Waals surface area contributed by atoms with E-state index < -0.39 is 54.8 Å². The molecule has 0 unspecified atom stereocenters. The molecular formula is C19H20F6N4O3. The van der Waals surface area contributed by atoms with Crippen LogP contribution in [0, 0.1) is 11.8 Å². The third-order valence-corrected chi connectivity index (χ3v) is 4.46. The molecule has 7 nitrogen and oxygen atoms in total. The summed E-state index contributed by atoms with van der Waals surface area (Å²) in [6.45, 7) is 0.981. The van der Waals surface area contributed by atoms with E-state index in [-0.39, 0.29) is 23.7 Å². The predicted molar refractivity (Wildman–Crippen MR) is 102 cm³/mol. The van der Waals surface area contributed by atoms with Gasteiger partial charge >= 0.3 is 12.5 Å². The summed E-state index contributed by atoms with van der Waals surface area (Å²) in [5.74, 6) is -3.45. The Bertz CT molecular complexity index is 911. The van der Waals surface area contributed by atoms with Crippen LogP contribution >= 0.6 is 0 Å². The molecule has 0 aliphatic carbocycles. The highest BCUT2D eigenvalue weighted by Gasteiger charge is 2.36. The van der Waals surface area contributed by atoms with Gasteiger partial charge in [0.05, 0.1) is 12.3 Å². The smallest absolute Gasteiger partial charge is 0.406 e. The van der Waals surface area contributed by atoms with Crippen LogP contribution in [-0.2, 0) is 9.59 Å². The number of ether oxygens (including phenoxy) is 1. The number of halogens is 6. The van der Waals surface area contributed by atoms with Crippen molar-refractivity contribution in [3.8, 4) is 5.75 Å². The van der Waals surface area contributed by atoms with Crippen LogP contribution in [0.3, 0.4) is 0 Å². The van der Waals surface area contributed by atoms with E-state index >= 15 is 0 Å². The Kier molecular flexibility index (Phi) is 7.75. The quantitative estimate of drug-likeness (QED) is 0.326. The molecule has 4 N–H and O–H groups in total. The summed E-state index contributed by atoms with van der Waals surface area (Å²) in [4.78, 5) is 27.5. The van der Waals surface area contributed by atoms with Crippen molar-refractivity contribution < 1.29 is 40.7 Å². The summed E-state index contributed by atoms with van der Waals surface area (Å²) < 4.78 is 78.8. The highest BCUT2D eigenvalue weighted by molar-refractivity contribution is 6.05. The average Bonchev–Trinajstić information content (AvgIpc) is 2.97. The Morgan fingerprint density at radius 3 is 2.56 bits per heavy atom. The third kappa shape index (κ3) is 7.78. The van der Waals surface area contributed by atoms with E-state index in [1.165, 1.54) is 19.1 Å². The second kappa shape index (κ2) is 9.92. The van der Waals surface area contributed by atoms with Gasteiger partial charge in [0.25, 0.3) is 5.91 Å². The van der Waals surface area contributed by atoms with Gasteiger partial charge in [0.2, 0.25) is 5.91 Å². The van der Waals surface area contributed by atoms with Gasteiger partial charge in [-0.15, -0.1) is 13.2 Å². The minimum absolute atomic E-state index is 0.0191. The van der Waals surface area contributed by atoms with Crippen molar-refractivity contribution in [1.29, 1.82) is 0 Å². The van der Waals surface area contributed by atoms with Gasteiger partial charge in [-0.1, -0.05) is 19.1 Å². The van der Waals surface area contributed by atoms with E-state index in [0.29, 0.717) is 0 Å². The van der Waals surface area contributed by atoms with Gasteiger partial charge in [0.1, 0.15) is 11.6 Å². The van der Waals surface area contributed by atoms with Gasteiger partial charge in [-0.25, -0.2) is 0 Å². The van der Waals surface area contributed by atoms with E-state index in [0.717, 1.165) is 18.2 Å². The van der Waals surface area contributed by atoms with E-state index in [1.54, 1.807) is 0 Å². The molecule has 0 aromatic heterocycles. The second-order valence-corrected chi connectivity index (χ2v) is 6.94. The molecule has 1 heterocycles. The van der Waals surface area contributed by atoms with Gasteiger partial charge in [-0.2, -0.15) is 18.2 Å². The molecule has 0 bridgehead atoms. The molecule has 32 heavy (non-hydrogen) atoms. The molecule has 0 saturated carbocycles. The highest BCUT2D eigenvalue weighted by Crippen LogP contribution is 2.26. The number of rotatable bonds is 7. The van der Waals surface area contributed by atoms with E-state index in [1.807, 2.05) is 0 Å². The molecule has 1 fully saturated rings. The molecule has 0 radical (unpaired) electrons. The summed E-state index contributed by atoms with van der Waals surface area (Å²) in [5.41, 5.74) is 5.64. The topological polar surface area (TPSA) is 106 Å². The summed E-state index contributed by atoms with van der Waals surface area (Å²) in [7, 11) is 0. The average molecular weight is 466 g/mol. The number of aliphatic imine (C=N–C) groups is 1. The number of alkyl halides is 6. The lowest BCUT2D eigenvalue weighted by molar-refractivity contribution is -0.274. The zero-order valence-electron chi connectivity index (χ0n) is 16.7. The Morgan fingerprint density at radius 2 is 2.00 bits per heavy atom. The molecule has 1 aromatic carbocycles. The van der Waals surface area contributed by atoms with Crippen molar-refractivity contribution in [2.45, 2.75) is 25.9 Å². The lowest BCUT2D eigenvalue weighted by Gasteiger charge is -2.15. The number of hydrogen-bond acceptors (Lipinski definition) is 4. The minimum Gasteiger partial charge on any atom is -0.406 e. The summed E-state index contributed by atoms with van der Waals surface area (Å²) in [6, 6.07) is 4.46. The first-order valence-electron chi connectivity index (χ1n) is 9.29. The molecule has 1 aromatic rings. The fourth-order valence-electron chi connectivity index (χ4n) is 2.86. The Labute approximate surface area is 178 Å². The number of amidine groups is 1. The third-order valence-electron chi connectivity index (χ3n) is 4.46. The van der Waals surface area contributed by atoms with Crippen molar-refractivity contribution in [2.24, 2.45) is 22.6 Å². The van der Waals surface area contributed by atoms with Crippen molar-refractivity contribution in [3.05, 3.63) is 35.9 Å². The Morgan fingerprint density at radius 1 is 1.31 bits per heavy atom. The molecule has 1 aliphatic rings. The van der Waals surface area contributed by atoms with E-state index in [9.17, 15) is 35.9 Å². The van der Waals surface area contributed by atoms with Crippen molar-refractivity contribution in [1.82, 2.24) is 10.6 Å². The molecule has 1 aliphatic heterocycles. The van der Waals surface area contributed by atoms with Gasteiger partial charge < -0.3 is 21.1 Å². The lowest BCUT2D eigenvalue weighted by atomic mass is 9.97. The standard InChI is InChI=1S/C19H20F6N4O3/c1-10-13(9-28-16(10)30)17(31)29-15(26)8-14(27-6-5-18(20,21)22)11-3-2-4-12(7-11)32-19(23,24)25/h2-4,7-8,10,13,27H,5-6,9H2,1H3,(H,28,30)(H2,26,29,31)/b14-8-/t10-,13+/m1/s1. The van der Waals surface area contributed by atoms with Crippen LogP contribution in [0.15, 0.2) is 35.3 Å². The SMILES string of the molecule is C[C@H]1C(=O)NC[C@@H]1C(=O)N=C(N)/C=C(\NCCC(F)(F)F)c1cccc(OC(F)(F)F)c1. The van der Waals surface area contributed by atoms with Crippen molar-refractivity contribution in [3.63, 3.8) is 0 Å². The van der Waals surface area contributed by atoms with Crippen LogP contribution in [0.5, 0.6) is 5.75 Å². The van der Waals surface area contributed by atoms with Crippen LogP contribution < -0.4 is 21.1 Å². The van der Waals surface area contributed by atoms with Gasteiger partial charge in [0.15, 0.2) is 0 Å². The number of carbonyl (C=O) groups excluding carboxylic acids is 2. The minimum atomic E-state index is -4.97. The summed E-state index contributed by atoms with van der Waals surface area (Å²) in [5, 5.41) is 4.93. The molecule has 13 heteroatoms. The molecule has 2 amide bonds. The maximum absolute atomic E-state index is 12.5. The molecule has 2 rings (SSSR count). The molecule has 0 spiro atoms. The number of amides is 2. The molecule has 176 valence electrons. The number of nitrogens with one attached hydrogen (secondary N) is 2. The van der Waals surface area contributed by atoms with Crippen LogP contribution in [-0.4, -0.2) is 43.3 Å². The largest absolute Gasteiger partial charge is 0.573 e. The summed E-state index contributed by atoms with van der Waals surface area (Å²) >= 11 is 0. The normalized spacial score (nSPS) is 20.2. The monoisotopic (exact) mass is 466 g/mol. The first-order chi connectivity index (χ1) is 14.7. The first kappa shape index (κ1) is 25.0. The van der Waals surface area contributed by atoms with Crippen LogP contribution in [0.1, 0.15) is 18.9 Å². The van der Waals surface area contributed by atoms with Gasteiger partial charge in [-0.3, -0.25) is 9.59 Å². The number of hydrogen-bond donors (Lipinski definition) is 3. The molecule has 2 atom stereocenters. The van der Waals surface area contributed by atoms with E-state index in [4.69, 9.17) is 5.73 Å². The fraction of sp³-hybridized carbons (Fsp3) is 0.421. The van der Waals surface area contributed by atoms with Crippen molar-refractivity contribution in [2.75, 3.05) is 13.1 Å². The second-order valence-electron chi connectivity index (χ2n) is 6.94. The van der Waals surface area contributed by atoms with Crippen molar-refractivity contribution >= 4 is 23.3 Å². The highest BCUT2D eigenvalue weighted by atomic mass is 19.4. The van der Waals surface area contributed by atoms with E-state index in [2.05, 4.69) is 20.4 Å². The molecular weight excluding hydrogens is 446 g/mol. The fourth-order valence-corrected chi connectivity index (χ4v) is 2.86. The maximum Gasteiger partial charge on any atom is 0.573 e. The van der Waals surface area contributed by atoms with Gasteiger partial charge in [0, 0.05) is 36.3 Å². The van der Waals surface area contributed by atoms with Crippen LogP contribution in [0.4, 0.5) is 26.3 Å². The predicted octanol–water partition coefficient (Wildman–Crippen LogP) is 2.73. The Balaban J connectivity index is 2.29. The number of benzene rings is 1. The molecule has 1 saturated heterocycles. The zero-order chi connectivity index (χ0) is 24.1. The first-order valence-corrected chi connectivity index (χ1v) is 9.29.